The molecule has 330 valence electrons. The van der Waals surface area contributed by atoms with Gasteiger partial charge in [-0.2, -0.15) is 0 Å². The molecule has 0 saturated carbocycles. The Kier molecular flexibility index (Phi) is 12.5. The first-order valence-corrected chi connectivity index (χ1v) is 22.6. The molecule has 63 heavy (non-hydrogen) atoms. The lowest BCUT2D eigenvalue weighted by Gasteiger charge is -2.39. The summed E-state index contributed by atoms with van der Waals surface area (Å²) in [6.07, 6.45) is 6.20. The molecule has 18 heteroatoms. The number of nitrogens with one attached hydrogen (secondary N) is 2. The lowest BCUT2D eigenvalue weighted by atomic mass is 9.71. The zero-order valence-corrected chi connectivity index (χ0v) is 36.5. The standard InChI is InChI=1S/C45H48ClN7O9S/c1-45(44(55)56)15-11-37(29-3-5-32(46)6-4-29)31(26-45)28-51-17-19-52(20-18-51)34-7-9-38(41(24-34)62-35-23-30-12-16-47-42(30)48-27-35)43(54)49-63(59,60)36-8-10-39(40(25-36)53(57)58)50(2)33-13-21-61-22-14-33/h3-10,12,16,23-25,27,33H,11,13-15,17-22,26,28H2,1-2H3,(H,47,48)(H,49,54)(H,55,56). The van der Waals surface area contributed by atoms with Crippen molar-refractivity contribution in [3.05, 3.63) is 117 Å². The van der Waals surface area contributed by atoms with E-state index in [0.717, 1.165) is 33.8 Å². The van der Waals surface area contributed by atoms with Crippen molar-refractivity contribution in [2.75, 3.05) is 62.8 Å². The number of carboxylic acid groups (broad SMARTS) is 1. The number of pyridine rings is 1. The summed E-state index contributed by atoms with van der Waals surface area (Å²) >= 11 is 6.19. The number of aliphatic carboxylic acids is 1. The van der Waals surface area contributed by atoms with Gasteiger partial charge in [0.25, 0.3) is 21.6 Å². The molecule has 2 aromatic heterocycles. The summed E-state index contributed by atoms with van der Waals surface area (Å²) in [5.41, 5.74) is 3.58. The largest absolute Gasteiger partial charge is 0.481 e. The number of allylic oxidation sites excluding steroid dienone is 1. The minimum atomic E-state index is -4.60. The van der Waals surface area contributed by atoms with Crippen LogP contribution in [0.4, 0.5) is 17.1 Å². The maximum Gasteiger partial charge on any atom is 0.309 e. The minimum Gasteiger partial charge on any atom is -0.481 e. The fourth-order valence-electron chi connectivity index (χ4n) is 8.71. The third-order valence-electron chi connectivity index (χ3n) is 12.4. The number of amides is 1. The molecule has 2 saturated heterocycles. The third-order valence-corrected chi connectivity index (χ3v) is 14.0. The molecule has 0 bridgehead atoms. The van der Waals surface area contributed by atoms with Crippen LogP contribution in [0.2, 0.25) is 5.02 Å². The van der Waals surface area contributed by atoms with Crippen LogP contribution in [0.25, 0.3) is 16.6 Å². The Labute approximate surface area is 369 Å². The monoisotopic (exact) mass is 897 g/mol. The highest BCUT2D eigenvalue weighted by atomic mass is 35.5. The van der Waals surface area contributed by atoms with Gasteiger partial charge in [0.1, 0.15) is 22.8 Å². The van der Waals surface area contributed by atoms with Crippen LogP contribution in [0.1, 0.15) is 54.9 Å². The fraction of sp³-hybridized carbons (Fsp3) is 0.356. The van der Waals surface area contributed by atoms with E-state index in [-0.39, 0.29) is 23.0 Å². The second kappa shape index (κ2) is 18.0. The highest BCUT2D eigenvalue weighted by molar-refractivity contribution is 7.90. The predicted octanol–water partition coefficient (Wildman–Crippen LogP) is 7.50. The van der Waals surface area contributed by atoms with Crippen molar-refractivity contribution >= 4 is 67.2 Å². The number of benzene rings is 3. The number of anilines is 2. The number of halogens is 1. The maximum atomic E-state index is 14.0. The van der Waals surface area contributed by atoms with Crippen LogP contribution in [0.15, 0.2) is 95.7 Å². The van der Waals surface area contributed by atoms with Gasteiger partial charge in [0.2, 0.25) is 0 Å². The lowest BCUT2D eigenvalue weighted by molar-refractivity contribution is -0.384. The van der Waals surface area contributed by atoms with Gasteiger partial charge in [0.05, 0.1) is 27.0 Å². The molecule has 2 aliphatic heterocycles. The molecule has 1 amide bonds. The van der Waals surface area contributed by atoms with Crippen molar-refractivity contribution in [2.45, 2.75) is 50.0 Å². The molecule has 3 N–H and O–H groups in total. The highest BCUT2D eigenvalue weighted by Crippen LogP contribution is 2.44. The molecule has 0 spiro atoms. The summed E-state index contributed by atoms with van der Waals surface area (Å²) in [4.78, 5) is 51.1. The minimum absolute atomic E-state index is 0.0246. The van der Waals surface area contributed by atoms with Crippen LogP contribution in [0.3, 0.4) is 0 Å². The van der Waals surface area contributed by atoms with Crippen LogP contribution < -0.4 is 19.3 Å². The molecule has 0 radical (unpaired) electrons. The van der Waals surface area contributed by atoms with Crippen molar-refractivity contribution < 1.29 is 37.5 Å². The Balaban J connectivity index is 1.03. The number of hydrogen-bond acceptors (Lipinski definition) is 12. The van der Waals surface area contributed by atoms with E-state index in [0.29, 0.717) is 94.5 Å². The number of carbonyl (C=O) groups is 2. The number of rotatable bonds is 13. The number of aromatic nitrogens is 2. The van der Waals surface area contributed by atoms with Gasteiger partial charge in [-0.25, -0.2) is 18.1 Å². The predicted molar refractivity (Wildman–Crippen MR) is 239 cm³/mol. The Hall–Kier alpha value is -6.01. The van der Waals surface area contributed by atoms with Gasteiger partial charge in [0.15, 0.2) is 0 Å². The Bertz CT molecular complexity index is 2690. The second-order valence-corrected chi connectivity index (χ2v) is 18.7. The average molecular weight is 898 g/mol. The van der Waals surface area contributed by atoms with Crippen LogP contribution in [-0.4, -0.2) is 104 Å². The van der Waals surface area contributed by atoms with E-state index in [9.17, 15) is 33.2 Å². The zero-order chi connectivity index (χ0) is 44.5. The first-order valence-electron chi connectivity index (χ1n) is 20.8. The van der Waals surface area contributed by atoms with Crippen molar-refractivity contribution in [2.24, 2.45) is 5.41 Å². The second-order valence-electron chi connectivity index (χ2n) is 16.6. The zero-order valence-electron chi connectivity index (χ0n) is 34.9. The van der Waals surface area contributed by atoms with Gasteiger partial charge in [-0.3, -0.25) is 24.6 Å². The number of carbonyl (C=O) groups excluding carboxylic acids is 1. The van der Waals surface area contributed by atoms with Crippen molar-refractivity contribution in [1.82, 2.24) is 19.6 Å². The van der Waals surface area contributed by atoms with Gasteiger partial charge in [0, 0.05) is 93.5 Å². The maximum absolute atomic E-state index is 14.0. The van der Waals surface area contributed by atoms with E-state index in [4.69, 9.17) is 21.1 Å². The van der Waals surface area contributed by atoms with E-state index >= 15 is 0 Å². The molecule has 1 atom stereocenters. The first kappa shape index (κ1) is 43.6. The van der Waals surface area contributed by atoms with E-state index in [1.165, 1.54) is 24.4 Å². The first-order chi connectivity index (χ1) is 30.2. The molecular formula is C45H48ClN7O9S. The number of H-pyrrole nitrogens is 1. The van der Waals surface area contributed by atoms with Crippen molar-refractivity contribution in [3.63, 3.8) is 0 Å². The van der Waals surface area contributed by atoms with Gasteiger partial charge in [-0.05, 0) is 98.7 Å². The summed E-state index contributed by atoms with van der Waals surface area (Å²) in [5.74, 6) is -1.41. The van der Waals surface area contributed by atoms with Crippen LogP contribution in [-0.2, 0) is 19.6 Å². The smallest absolute Gasteiger partial charge is 0.309 e. The van der Waals surface area contributed by atoms with E-state index in [1.807, 2.05) is 37.3 Å². The molecule has 16 nitrogen and oxygen atoms in total. The SMILES string of the molecule is CN(c1ccc(S(=O)(=O)NC(=O)c2ccc(N3CCN(CC4=C(c5ccc(Cl)cc5)CCC(C)(C(=O)O)C4)CC3)cc2Oc2cnc3[nH]ccc3c2)cc1[N+](=O)[O-])C1CCOCC1. The van der Waals surface area contributed by atoms with Crippen LogP contribution >= 0.6 is 11.6 Å². The summed E-state index contributed by atoms with van der Waals surface area (Å²) in [5, 5.41) is 23.7. The number of nitro groups is 1. The molecule has 2 fully saturated rings. The van der Waals surface area contributed by atoms with Crippen molar-refractivity contribution in [3.8, 4) is 11.5 Å². The molecule has 1 unspecified atom stereocenters. The summed E-state index contributed by atoms with van der Waals surface area (Å²) in [7, 11) is -2.87. The topological polar surface area (TPSA) is 201 Å². The molecule has 3 aromatic carbocycles. The van der Waals surface area contributed by atoms with Crippen LogP contribution in [0.5, 0.6) is 11.5 Å². The number of aromatic amines is 1. The fourth-order valence-corrected chi connectivity index (χ4v) is 9.83. The van der Waals surface area contributed by atoms with E-state index < -0.39 is 42.8 Å². The number of carboxylic acids is 1. The number of sulfonamides is 1. The average Bonchev–Trinajstić information content (AvgIpc) is 3.75. The number of nitro benzene ring substituents is 1. The Morgan fingerprint density at radius 2 is 1.81 bits per heavy atom. The normalized spacial score (nSPS) is 18.9. The number of ether oxygens (including phenoxy) is 2. The van der Waals surface area contributed by atoms with E-state index in [1.54, 1.807) is 36.3 Å². The van der Waals surface area contributed by atoms with Gasteiger partial charge >= 0.3 is 5.97 Å². The molecule has 4 heterocycles. The number of nitrogens with zero attached hydrogens (tertiary/aromatic N) is 5. The number of piperazine rings is 1. The summed E-state index contributed by atoms with van der Waals surface area (Å²) < 4.78 is 41.3. The van der Waals surface area contributed by atoms with Gasteiger partial charge in [-0.15, -0.1) is 0 Å². The molecule has 8 rings (SSSR count). The van der Waals surface area contributed by atoms with Gasteiger partial charge < -0.3 is 29.4 Å². The van der Waals surface area contributed by atoms with Gasteiger partial charge in [-0.1, -0.05) is 29.3 Å². The highest BCUT2D eigenvalue weighted by Gasteiger charge is 2.39. The molecular weight excluding hydrogens is 850 g/mol. The van der Waals surface area contributed by atoms with E-state index in [2.05, 4.69) is 24.5 Å². The Morgan fingerprint density at radius 1 is 1.06 bits per heavy atom. The van der Waals surface area contributed by atoms with Crippen molar-refractivity contribution in [1.29, 1.82) is 0 Å². The third kappa shape index (κ3) is 9.51. The molecule has 5 aromatic rings. The lowest BCUT2D eigenvalue weighted by Crippen LogP contribution is -2.47. The quantitative estimate of drug-likeness (QED) is 0.0776. The van der Waals surface area contributed by atoms with Crippen LogP contribution in [0, 0.1) is 15.5 Å². The molecule has 3 aliphatic rings. The Morgan fingerprint density at radius 3 is 2.52 bits per heavy atom. The summed E-state index contributed by atoms with van der Waals surface area (Å²) in [6.45, 7) is 6.01. The summed E-state index contributed by atoms with van der Waals surface area (Å²) in [6, 6.07) is 19.7. The molecule has 1 aliphatic carbocycles. The number of fused-ring (bicyclic) bond motifs is 1. The number of hydrogen-bond donors (Lipinski definition) is 3.